The highest BCUT2D eigenvalue weighted by atomic mass is 32.1. The Morgan fingerprint density at radius 3 is 2.51 bits per heavy atom. The topological polar surface area (TPSA) is 92.8 Å². The second-order valence-electron chi connectivity index (χ2n) is 10.6. The Hall–Kier alpha value is -2.33. The molecule has 0 radical (unpaired) electrons. The summed E-state index contributed by atoms with van der Waals surface area (Å²) in [5, 5.41) is 9.38. The smallest absolute Gasteiger partial charge is 0.226 e. The molecule has 7 unspecified atom stereocenters. The molecule has 0 saturated carbocycles. The van der Waals surface area contributed by atoms with Crippen molar-refractivity contribution in [1.82, 2.24) is 20.5 Å². The van der Waals surface area contributed by atoms with E-state index in [0.717, 1.165) is 29.8 Å². The van der Waals surface area contributed by atoms with Crippen LogP contribution in [-0.4, -0.2) is 73.8 Å². The summed E-state index contributed by atoms with van der Waals surface area (Å²) >= 11 is 1.54. The first-order valence-corrected chi connectivity index (χ1v) is 15.0. The van der Waals surface area contributed by atoms with Gasteiger partial charge in [0.15, 0.2) is 0 Å². The standard InChI is InChI=1S/C30H46N4O4S/c1-7-20(2)27(31-4)25(37-5)19-26(35)34-16-11-14-24(34)28(38-6)21(3)29(36)33-23(30-32-15-17-39-30)18-22-12-9-8-10-13-22/h8-10,12-13,15,17,20-21,23-25,27-28,31H,7,11,14,16,18-19H2,1-6H3,(H,33,36). The second kappa shape index (κ2) is 15.5. The normalized spacial score (nSPS) is 20.2. The molecule has 7 atom stereocenters. The van der Waals surface area contributed by atoms with Crippen molar-refractivity contribution in [2.75, 3.05) is 27.8 Å². The summed E-state index contributed by atoms with van der Waals surface area (Å²) in [5.74, 6) is -0.124. The Morgan fingerprint density at radius 1 is 1.18 bits per heavy atom. The van der Waals surface area contributed by atoms with Gasteiger partial charge in [0.25, 0.3) is 0 Å². The largest absolute Gasteiger partial charge is 0.379 e. The average molecular weight is 559 g/mol. The van der Waals surface area contributed by atoms with Crippen LogP contribution in [0.3, 0.4) is 0 Å². The minimum atomic E-state index is -0.449. The number of methoxy groups -OCH3 is 2. The van der Waals surface area contributed by atoms with E-state index in [0.29, 0.717) is 25.3 Å². The Labute approximate surface area is 237 Å². The maximum Gasteiger partial charge on any atom is 0.226 e. The number of carbonyl (C=O) groups excluding carboxylic acids is 2. The number of rotatable bonds is 15. The van der Waals surface area contributed by atoms with Crippen LogP contribution >= 0.6 is 11.3 Å². The number of hydrogen-bond donors (Lipinski definition) is 2. The maximum absolute atomic E-state index is 13.6. The average Bonchev–Trinajstić information content (AvgIpc) is 3.66. The lowest BCUT2D eigenvalue weighted by Gasteiger charge is -2.36. The molecule has 2 N–H and O–H groups in total. The Kier molecular flexibility index (Phi) is 12.4. The van der Waals surface area contributed by atoms with Gasteiger partial charge in [-0.05, 0) is 37.8 Å². The van der Waals surface area contributed by atoms with Crippen LogP contribution in [0.25, 0.3) is 0 Å². The number of nitrogens with one attached hydrogen (secondary N) is 2. The molecule has 8 nitrogen and oxygen atoms in total. The second-order valence-corrected chi connectivity index (χ2v) is 11.5. The number of amides is 2. The van der Waals surface area contributed by atoms with Gasteiger partial charge in [-0.2, -0.15) is 0 Å². The van der Waals surface area contributed by atoms with Crippen molar-refractivity contribution < 1.29 is 19.1 Å². The predicted molar refractivity (Wildman–Crippen MR) is 156 cm³/mol. The summed E-state index contributed by atoms with van der Waals surface area (Å²) in [7, 11) is 5.23. The van der Waals surface area contributed by atoms with Crippen molar-refractivity contribution in [2.45, 2.75) is 83.2 Å². The molecule has 1 saturated heterocycles. The fourth-order valence-electron chi connectivity index (χ4n) is 5.78. The van der Waals surface area contributed by atoms with Gasteiger partial charge in [-0.3, -0.25) is 9.59 Å². The van der Waals surface area contributed by atoms with Gasteiger partial charge in [0.05, 0.1) is 36.6 Å². The SMILES string of the molecule is CCC(C)C(NC)C(CC(=O)N1CCCC1C(OC)C(C)C(=O)NC(Cc1ccccc1)c1nccs1)OC. The molecule has 1 fully saturated rings. The number of carbonyl (C=O) groups is 2. The summed E-state index contributed by atoms with van der Waals surface area (Å²) in [6.07, 6.45) is 4.76. The molecule has 39 heavy (non-hydrogen) atoms. The van der Waals surface area contributed by atoms with Crippen molar-refractivity contribution in [1.29, 1.82) is 0 Å². The van der Waals surface area contributed by atoms with Gasteiger partial charge in [0.1, 0.15) is 5.01 Å². The summed E-state index contributed by atoms with van der Waals surface area (Å²) < 4.78 is 11.7. The van der Waals surface area contributed by atoms with Crippen LogP contribution < -0.4 is 10.6 Å². The summed E-state index contributed by atoms with van der Waals surface area (Å²) in [4.78, 5) is 33.5. The number of aromatic nitrogens is 1. The van der Waals surface area contributed by atoms with Gasteiger partial charge in [0, 0.05) is 38.4 Å². The number of thiazole rings is 1. The van der Waals surface area contributed by atoms with E-state index in [4.69, 9.17) is 9.47 Å². The maximum atomic E-state index is 13.6. The van der Waals surface area contributed by atoms with Crippen LogP contribution in [0.4, 0.5) is 0 Å². The zero-order valence-corrected chi connectivity index (χ0v) is 25.1. The molecule has 0 bridgehead atoms. The van der Waals surface area contributed by atoms with Crippen LogP contribution in [0.15, 0.2) is 41.9 Å². The monoisotopic (exact) mass is 558 g/mol. The molecule has 2 heterocycles. The molecule has 1 aliphatic heterocycles. The van der Waals surface area contributed by atoms with Gasteiger partial charge in [0.2, 0.25) is 11.8 Å². The van der Waals surface area contributed by atoms with E-state index in [9.17, 15) is 9.59 Å². The third kappa shape index (κ3) is 8.10. The van der Waals surface area contributed by atoms with Crippen molar-refractivity contribution in [2.24, 2.45) is 11.8 Å². The molecule has 3 rings (SSSR count). The highest BCUT2D eigenvalue weighted by molar-refractivity contribution is 7.09. The molecule has 1 aliphatic rings. The highest BCUT2D eigenvalue weighted by Crippen LogP contribution is 2.29. The quantitative estimate of drug-likeness (QED) is 0.340. The van der Waals surface area contributed by atoms with Crippen LogP contribution in [-0.2, 0) is 25.5 Å². The minimum Gasteiger partial charge on any atom is -0.379 e. The molecule has 0 spiro atoms. The van der Waals surface area contributed by atoms with Gasteiger partial charge >= 0.3 is 0 Å². The highest BCUT2D eigenvalue weighted by Gasteiger charge is 2.41. The Bertz CT molecular complexity index is 1010. The molecule has 1 aromatic carbocycles. The molecule has 216 valence electrons. The van der Waals surface area contributed by atoms with E-state index in [1.165, 1.54) is 11.3 Å². The summed E-state index contributed by atoms with van der Waals surface area (Å²) in [6.45, 7) is 6.88. The summed E-state index contributed by atoms with van der Waals surface area (Å²) in [5.41, 5.74) is 1.13. The third-order valence-electron chi connectivity index (χ3n) is 8.20. The predicted octanol–water partition coefficient (Wildman–Crippen LogP) is 4.22. The van der Waals surface area contributed by atoms with Crippen LogP contribution in [0, 0.1) is 11.8 Å². The Balaban J connectivity index is 1.71. The summed E-state index contributed by atoms with van der Waals surface area (Å²) in [6, 6.07) is 9.79. The number of ether oxygens (including phenoxy) is 2. The first kappa shape index (κ1) is 31.2. The van der Waals surface area contributed by atoms with E-state index >= 15 is 0 Å². The van der Waals surface area contributed by atoms with E-state index in [-0.39, 0.29) is 36.0 Å². The molecular weight excluding hydrogens is 512 g/mol. The first-order valence-electron chi connectivity index (χ1n) is 14.1. The third-order valence-corrected chi connectivity index (χ3v) is 9.08. The molecule has 9 heteroatoms. The lowest BCUT2D eigenvalue weighted by molar-refractivity contribution is -0.142. The lowest BCUT2D eigenvalue weighted by Crippen LogP contribution is -2.52. The molecule has 0 aliphatic carbocycles. The number of benzene rings is 1. The Morgan fingerprint density at radius 2 is 1.92 bits per heavy atom. The molecule has 2 amide bonds. The first-order chi connectivity index (χ1) is 18.8. The molecular formula is C30H46N4O4S. The van der Waals surface area contributed by atoms with Crippen LogP contribution in [0.5, 0.6) is 0 Å². The van der Waals surface area contributed by atoms with Gasteiger partial charge in [-0.1, -0.05) is 57.5 Å². The van der Waals surface area contributed by atoms with Crippen molar-refractivity contribution >= 4 is 23.2 Å². The van der Waals surface area contributed by atoms with Crippen molar-refractivity contribution in [3.63, 3.8) is 0 Å². The van der Waals surface area contributed by atoms with Crippen molar-refractivity contribution in [3.05, 3.63) is 52.5 Å². The minimum absolute atomic E-state index is 0.0484. The molecule has 1 aromatic heterocycles. The molecule has 2 aromatic rings. The lowest BCUT2D eigenvalue weighted by atomic mass is 9.91. The number of likely N-dealkylation sites (N-methyl/N-ethyl adjacent to an activating group) is 1. The number of likely N-dealkylation sites (tertiary alicyclic amines) is 1. The van der Waals surface area contributed by atoms with Gasteiger partial charge in [-0.15, -0.1) is 11.3 Å². The van der Waals surface area contributed by atoms with Crippen LogP contribution in [0.1, 0.15) is 63.1 Å². The van der Waals surface area contributed by atoms with Gasteiger partial charge in [-0.25, -0.2) is 4.98 Å². The zero-order valence-electron chi connectivity index (χ0n) is 24.3. The fourth-order valence-corrected chi connectivity index (χ4v) is 6.47. The fraction of sp³-hybridized carbons (Fsp3) is 0.633. The number of nitrogens with zero attached hydrogens (tertiary/aromatic N) is 2. The van der Waals surface area contributed by atoms with Crippen LogP contribution in [0.2, 0.25) is 0 Å². The van der Waals surface area contributed by atoms with E-state index in [1.807, 2.05) is 42.5 Å². The number of hydrogen-bond acceptors (Lipinski definition) is 7. The van der Waals surface area contributed by atoms with Gasteiger partial charge < -0.3 is 25.0 Å². The van der Waals surface area contributed by atoms with Crippen molar-refractivity contribution in [3.8, 4) is 0 Å². The zero-order chi connectivity index (χ0) is 28.4. The van der Waals surface area contributed by atoms with E-state index in [1.54, 1.807) is 20.4 Å². The van der Waals surface area contributed by atoms with E-state index in [2.05, 4.69) is 41.6 Å². The van der Waals surface area contributed by atoms with E-state index < -0.39 is 12.0 Å².